The van der Waals surface area contributed by atoms with Crippen molar-refractivity contribution in [1.29, 1.82) is 0 Å². The van der Waals surface area contributed by atoms with Crippen LogP contribution in [0.5, 0.6) is 11.5 Å². The number of ether oxygens (including phenoxy) is 3. The number of hydrogen-bond donors (Lipinski definition) is 1. The summed E-state index contributed by atoms with van der Waals surface area (Å²) in [6.45, 7) is 5.44. The van der Waals surface area contributed by atoms with Gasteiger partial charge in [-0.25, -0.2) is 0 Å². The first-order valence-electron chi connectivity index (χ1n) is 12.7. The highest BCUT2D eigenvalue weighted by Crippen LogP contribution is 2.40. The van der Waals surface area contributed by atoms with Gasteiger partial charge in [-0.2, -0.15) is 0 Å². The van der Waals surface area contributed by atoms with Crippen LogP contribution in [0.4, 0.5) is 0 Å². The summed E-state index contributed by atoms with van der Waals surface area (Å²) in [5, 5.41) is 11.4. The van der Waals surface area contributed by atoms with Gasteiger partial charge in [0, 0.05) is 25.8 Å². The van der Waals surface area contributed by atoms with E-state index in [-0.39, 0.29) is 11.3 Å². The van der Waals surface area contributed by atoms with Gasteiger partial charge in [-0.3, -0.25) is 9.59 Å². The minimum Gasteiger partial charge on any atom is -0.507 e. The van der Waals surface area contributed by atoms with Crippen LogP contribution in [-0.4, -0.2) is 48.6 Å². The first kappa shape index (κ1) is 26.9. The van der Waals surface area contributed by atoms with Gasteiger partial charge in [-0.1, -0.05) is 42.5 Å². The molecule has 38 heavy (non-hydrogen) atoms. The molecule has 0 aliphatic carbocycles. The molecule has 1 amide bonds. The van der Waals surface area contributed by atoms with Gasteiger partial charge in [-0.05, 0) is 67.3 Å². The molecule has 0 aromatic heterocycles. The van der Waals surface area contributed by atoms with Crippen LogP contribution in [0.3, 0.4) is 0 Å². The molecule has 4 rings (SSSR count). The summed E-state index contributed by atoms with van der Waals surface area (Å²) in [5.41, 5.74) is 3.03. The highest BCUT2D eigenvalue weighted by atomic mass is 16.5. The van der Waals surface area contributed by atoms with E-state index in [9.17, 15) is 14.7 Å². The van der Waals surface area contributed by atoms with Crippen LogP contribution < -0.4 is 9.47 Å². The molecule has 0 saturated carbocycles. The normalized spacial score (nSPS) is 16.6. The molecule has 1 fully saturated rings. The van der Waals surface area contributed by atoms with E-state index in [4.69, 9.17) is 14.2 Å². The highest BCUT2D eigenvalue weighted by molar-refractivity contribution is 6.46. The van der Waals surface area contributed by atoms with Crippen LogP contribution in [0.2, 0.25) is 0 Å². The second-order valence-electron chi connectivity index (χ2n) is 9.09. The average Bonchev–Trinajstić information content (AvgIpc) is 3.18. The zero-order chi connectivity index (χ0) is 27.1. The predicted octanol–water partition coefficient (Wildman–Crippen LogP) is 5.43. The number of nitrogens with zero attached hydrogens (tertiary/aromatic N) is 1. The van der Waals surface area contributed by atoms with Crippen molar-refractivity contribution in [3.05, 3.63) is 101 Å². The summed E-state index contributed by atoms with van der Waals surface area (Å²) in [6, 6.07) is 21.7. The van der Waals surface area contributed by atoms with Crippen molar-refractivity contribution in [2.24, 2.45) is 0 Å². The predicted molar refractivity (Wildman–Crippen MR) is 145 cm³/mol. The van der Waals surface area contributed by atoms with E-state index >= 15 is 0 Å². The monoisotopic (exact) mass is 515 g/mol. The number of amides is 1. The number of hydrogen-bond acceptors (Lipinski definition) is 6. The smallest absolute Gasteiger partial charge is 0.295 e. The minimum absolute atomic E-state index is 0.0673. The van der Waals surface area contributed by atoms with E-state index in [0.29, 0.717) is 55.4 Å². The number of carbonyl (C=O) groups is 2. The van der Waals surface area contributed by atoms with Crippen molar-refractivity contribution >= 4 is 17.4 Å². The third kappa shape index (κ3) is 5.89. The SMILES string of the molecule is CCOc1ccc([C@@H]2/C(=C(\O)c3ccc(OCc4ccccc4)cc3C)C(=O)C(=O)N2CCCOC)cc1. The lowest BCUT2D eigenvalue weighted by molar-refractivity contribution is -0.140. The zero-order valence-electron chi connectivity index (χ0n) is 22.0. The number of methoxy groups -OCH3 is 1. The fourth-order valence-corrected chi connectivity index (χ4v) is 4.63. The molecule has 1 heterocycles. The van der Waals surface area contributed by atoms with E-state index in [1.54, 1.807) is 31.4 Å². The lowest BCUT2D eigenvalue weighted by atomic mass is 9.93. The maximum absolute atomic E-state index is 13.3. The summed E-state index contributed by atoms with van der Waals surface area (Å²) in [6.07, 6.45) is 0.559. The number of carbonyl (C=O) groups excluding carboxylic acids is 2. The molecule has 198 valence electrons. The number of Topliss-reactive ketones (excluding diaryl/α,β-unsaturated/α-hetero) is 1. The number of aliphatic hydroxyl groups is 1. The van der Waals surface area contributed by atoms with Gasteiger partial charge < -0.3 is 24.2 Å². The molecule has 0 radical (unpaired) electrons. The van der Waals surface area contributed by atoms with Crippen molar-refractivity contribution in [1.82, 2.24) is 4.90 Å². The van der Waals surface area contributed by atoms with Gasteiger partial charge in [0.2, 0.25) is 0 Å². The summed E-state index contributed by atoms with van der Waals surface area (Å²) < 4.78 is 16.6. The lowest BCUT2D eigenvalue weighted by Crippen LogP contribution is -2.31. The van der Waals surface area contributed by atoms with E-state index < -0.39 is 17.7 Å². The molecule has 1 N–H and O–H groups in total. The van der Waals surface area contributed by atoms with Crippen molar-refractivity contribution in [2.45, 2.75) is 32.9 Å². The van der Waals surface area contributed by atoms with Gasteiger partial charge in [0.1, 0.15) is 23.9 Å². The van der Waals surface area contributed by atoms with Crippen molar-refractivity contribution in [3.8, 4) is 11.5 Å². The van der Waals surface area contributed by atoms with E-state index in [2.05, 4.69) is 0 Å². The number of rotatable bonds is 11. The van der Waals surface area contributed by atoms with E-state index in [1.807, 2.05) is 62.4 Å². The number of benzene rings is 3. The third-order valence-corrected chi connectivity index (χ3v) is 6.50. The van der Waals surface area contributed by atoms with E-state index in [0.717, 1.165) is 11.1 Å². The van der Waals surface area contributed by atoms with Gasteiger partial charge in [0.15, 0.2) is 0 Å². The van der Waals surface area contributed by atoms with Gasteiger partial charge >= 0.3 is 0 Å². The fraction of sp³-hybridized carbons (Fsp3) is 0.290. The molecular weight excluding hydrogens is 482 g/mol. The Morgan fingerprint density at radius 2 is 1.66 bits per heavy atom. The molecule has 7 nitrogen and oxygen atoms in total. The van der Waals surface area contributed by atoms with Crippen LogP contribution in [0.25, 0.3) is 5.76 Å². The van der Waals surface area contributed by atoms with Crippen LogP contribution in [0.1, 0.15) is 41.6 Å². The van der Waals surface area contributed by atoms with E-state index in [1.165, 1.54) is 4.90 Å². The number of ketones is 1. The maximum Gasteiger partial charge on any atom is 0.295 e. The van der Waals surface area contributed by atoms with Crippen LogP contribution in [-0.2, 0) is 20.9 Å². The Bertz CT molecular complexity index is 1300. The topological polar surface area (TPSA) is 85.3 Å². The minimum atomic E-state index is -0.726. The lowest BCUT2D eigenvalue weighted by Gasteiger charge is -2.25. The number of aliphatic hydroxyl groups excluding tert-OH is 1. The number of aryl methyl sites for hydroxylation is 1. The van der Waals surface area contributed by atoms with Crippen molar-refractivity contribution in [2.75, 3.05) is 26.9 Å². The molecule has 3 aromatic rings. The Kier molecular flexibility index (Phi) is 8.81. The van der Waals surface area contributed by atoms with Gasteiger partial charge in [0.05, 0.1) is 18.2 Å². The van der Waals surface area contributed by atoms with Crippen LogP contribution in [0, 0.1) is 6.92 Å². The Labute approximate surface area is 223 Å². The maximum atomic E-state index is 13.3. The first-order valence-corrected chi connectivity index (χ1v) is 12.7. The first-order chi connectivity index (χ1) is 18.4. The van der Waals surface area contributed by atoms with Crippen molar-refractivity contribution in [3.63, 3.8) is 0 Å². The quantitative estimate of drug-likeness (QED) is 0.159. The van der Waals surface area contributed by atoms with Crippen LogP contribution in [0.15, 0.2) is 78.4 Å². The fourth-order valence-electron chi connectivity index (χ4n) is 4.63. The molecule has 1 aliphatic rings. The summed E-state index contributed by atoms with van der Waals surface area (Å²) in [7, 11) is 1.59. The second-order valence-corrected chi connectivity index (χ2v) is 9.09. The molecule has 3 aromatic carbocycles. The van der Waals surface area contributed by atoms with Gasteiger partial charge in [-0.15, -0.1) is 0 Å². The molecule has 0 bridgehead atoms. The molecule has 1 aliphatic heterocycles. The Morgan fingerprint density at radius 3 is 2.32 bits per heavy atom. The highest BCUT2D eigenvalue weighted by Gasteiger charge is 2.45. The standard InChI is InChI=1S/C31H33NO6/c1-4-37-24-13-11-23(12-14-24)28-27(30(34)31(35)32(28)17-8-18-36-3)29(33)26-16-15-25(19-21(26)2)38-20-22-9-6-5-7-10-22/h5-7,9-16,19,28,33H,4,8,17-18,20H2,1-3H3/b29-27+/t28-/m1/s1. The molecule has 0 spiro atoms. The summed E-state index contributed by atoms with van der Waals surface area (Å²) in [4.78, 5) is 27.9. The summed E-state index contributed by atoms with van der Waals surface area (Å²) in [5.74, 6) is -0.214. The second kappa shape index (κ2) is 12.4. The Balaban J connectivity index is 1.68. The third-order valence-electron chi connectivity index (χ3n) is 6.50. The average molecular weight is 516 g/mol. The molecule has 7 heteroatoms. The Hall–Kier alpha value is -4.10. The van der Waals surface area contributed by atoms with Crippen molar-refractivity contribution < 1.29 is 28.9 Å². The van der Waals surface area contributed by atoms with Crippen LogP contribution >= 0.6 is 0 Å². The number of likely N-dealkylation sites (tertiary alicyclic amines) is 1. The molecule has 0 unspecified atom stereocenters. The largest absolute Gasteiger partial charge is 0.507 e. The summed E-state index contributed by atoms with van der Waals surface area (Å²) >= 11 is 0. The van der Waals surface area contributed by atoms with Gasteiger partial charge in [0.25, 0.3) is 11.7 Å². The molecular formula is C31H33NO6. The zero-order valence-corrected chi connectivity index (χ0v) is 22.0. The molecule has 1 saturated heterocycles. The molecule has 1 atom stereocenters. The Morgan fingerprint density at radius 1 is 0.947 bits per heavy atom.